The highest BCUT2D eigenvalue weighted by atomic mass is 14.7. The Morgan fingerprint density at radius 1 is 1.00 bits per heavy atom. The Balaban J connectivity index is 2.32. The third-order valence-corrected chi connectivity index (χ3v) is 3.85. The molecule has 0 aliphatic rings. The van der Waals surface area contributed by atoms with E-state index in [4.69, 9.17) is 0 Å². The van der Waals surface area contributed by atoms with E-state index in [1.807, 2.05) is 30.3 Å². The van der Waals surface area contributed by atoms with Gasteiger partial charge in [0.25, 0.3) is 0 Å². The third-order valence-electron chi connectivity index (χ3n) is 3.85. The number of aliphatic imine (C=N–C) groups is 1. The van der Waals surface area contributed by atoms with Crippen molar-refractivity contribution in [1.82, 2.24) is 0 Å². The number of benzene rings is 2. The Labute approximate surface area is 134 Å². The number of hydrogen-bond acceptors (Lipinski definition) is 1. The van der Waals surface area contributed by atoms with Crippen LogP contribution in [-0.4, -0.2) is 5.71 Å². The highest BCUT2D eigenvalue weighted by Crippen LogP contribution is 2.16. The van der Waals surface area contributed by atoms with Crippen LogP contribution in [-0.2, 0) is 0 Å². The van der Waals surface area contributed by atoms with Crippen molar-refractivity contribution in [2.75, 3.05) is 0 Å². The lowest BCUT2D eigenvalue weighted by Crippen LogP contribution is -2.04. The molecule has 2 aromatic carbocycles. The van der Waals surface area contributed by atoms with Crippen molar-refractivity contribution < 1.29 is 0 Å². The summed E-state index contributed by atoms with van der Waals surface area (Å²) in [6, 6.07) is 19.4. The second kappa shape index (κ2) is 8.20. The van der Waals surface area contributed by atoms with Crippen LogP contribution in [0.3, 0.4) is 0 Å². The van der Waals surface area contributed by atoms with Crippen molar-refractivity contribution in [3.8, 4) is 12.0 Å². The molecule has 0 radical (unpaired) electrons. The number of unbranched alkanes of at least 4 members (excludes halogenated alkanes) is 1. The van der Waals surface area contributed by atoms with Gasteiger partial charge in [-0.05, 0) is 61.4 Å². The van der Waals surface area contributed by atoms with E-state index >= 15 is 0 Å². The van der Waals surface area contributed by atoms with Crippen LogP contribution < -0.4 is 0 Å². The van der Waals surface area contributed by atoms with Gasteiger partial charge >= 0.3 is 0 Å². The molecule has 0 bridgehead atoms. The van der Waals surface area contributed by atoms with Crippen molar-refractivity contribution in [2.45, 2.75) is 40.0 Å². The first-order valence-corrected chi connectivity index (χ1v) is 7.91. The molecule has 1 nitrogen and oxygen atoms in total. The monoisotopic (exact) mass is 289 g/mol. The Morgan fingerprint density at radius 3 is 2.50 bits per heavy atom. The summed E-state index contributed by atoms with van der Waals surface area (Å²) >= 11 is 0. The topological polar surface area (TPSA) is 12.4 Å². The lowest BCUT2D eigenvalue weighted by Gasteiger charge is -2.10. The fraction of sp³-hybridized carbons (Fsp3) is 0.286. The minimum Gasteiger partial charge on any atom is -0.201 e. The predicted molar refractivity (Wildman–Crippen MR) is 95.3 cm³/mol. The first-order chi connectivity index (χ1) is 10.7. The second-order valence-corrected chi connectivity index (χ2v) is 5.51. The molecule has 0 spiro atoms. The molecule has 0 aliphatic carbocycles. The lowest BCUT2D eigenvalue weighted by atomic mass is 9.97. The third kappa shape index (κ3) is 4.33. The molecule has 0 N–H and O–H groups in total. The van der Waals surface area contributed by atoms with Gasteiger partial charge in [-0.15, -0.1) is 0 Å². The van der Waals surface area contributed by atoms with Gasteiger partial charge in [-0.3, -0.25) is 0 Å². The van der Waals surface area contributed by atoms with Crippen LogP contribution in [0, 0.1) is 25.8 Å². The molecule has 0 aromatic heterocycles. The lowest BCUT2D eigenvalue weighted by molar-refractivity contribution is 0.835. The molecule has 2 aromatic rings. The van der Waals surface area contributed by atoms with E-state index in [9.17, 15) is 0 Å². The van der Waals surface area contributed by atoms with Crippen molar-refractivity contribution >= 4 is 5.71 Å². The summed E-state index contributed by atoms with van der Waals surface area (Å²) in [4.78, 5) is 4.58. The van der Waals surface area contributed by atoms with E-state index < -0.39 is 0 Å². The minimum atomic E-state index is 0.976. The molecule has 0 heterocycles. The average Bonchev–Trinajstić information content (AvgIpc) is 2.55. The van der Waals surface area contributed by atoms with Gasteiger partial charge in [0.15, 0.2) is 0 Å². The molecule has 112 valence electrons. The zero-order valence-corrected chi connectivity index (χ0v) is 13.7. The molecular formula is C21H23N. The van der Waals surface area contributed by atoms with Gasteiger partial charge < -0.3 is 0 Å². The van der Waals surface area contributed by atoms with Gasteiger partial charge in [0, 0.05) is 11.6 Å². The van der Waals surface area contributed by atoms with Crippen LogP contribution in [0.1, 0.15) is 48.4 Å². The van der Waals surface area contributed by atoms with Crippen molar-refractivity contribution in [3.63, 3.8) is 0 Å². The van der Waals surface area contributed by atoms with E-state index in [1.165, 1.54) is 16.7 Å². The molecule has 0 aliphatic heterocycles. The maximum Gasteiger partial charge on any atom is 0.0586 e. The van der Waals surface area contributed by atoms with Gasteiger partial charge in [0.2, 0.25) is 0 Å². The van der Waals surface area contributed by atoms with Gasteiger partial charge in [0.05, 0.1) is 5.71 Å². The van der Waals surface area contributed by atoms with Crippen LogP contribution in [0.2, 0.25) is 0 Å². The number of nitrogens with zero attached hydrogens (tertiary/aromatic N) is 1. The highest BCUT2D eigenvalue weighted by molar-refractivity contribution is 6.02. The normalized spacial score (nSPS) is 11.0. The van der Waals surface area contributed by atoms with Crippen LogP contribution in [0.25, 0.3) is 0 Å². The smallest absolute Gasteiger partial charge is 0.0586 e. The van der Waals surface area contributed by atoms with Gasteiger partial charge in [0.1, 0.15) is 0 Å². The van der Waals surface area contributed by atoms with E-state index in [1.54, 1.807) is 0 Å². The fourth-order valence-electron chi connectivity index (χ4n) is 2.34. The maximum atomic E-state index is 4.58. The Bertz CT molecular complexity index is 700. The largest absolute Gasteiger partial charge is 0.201 e. The summed E-state index contributed by atoms with van der Waals surface area (Å²) in [6.45, 7) is 6.51. The Morgan fingerprint density at radius 2 is 1.77 bits per heavy atom. The molecule has 2 rings (SSSR count). The molecule has 0 atom stereocenters. The molecule has 0 saturated heterocycles. The summed E-state index contributed by atoms with van der Waals surface area (Å²) in [5.74, 6) is 3.12. The van der Waals surface area contributed by atoms with E-state index in [0.717, 1.165) is 30.5 Å². The maximum absolute atomic E-state index is 4.58. The van der Waals surface area contributed by atoms with Gasteiger partial charge in [-0.1, -0.05) is 49.7 Å². The quantitative estimate of drug-likeness (QED) is 0.535. The predicted octanol–water partition coefficient (Wildman–Crippen LogP) is 5.29. The Kier molecular flexibility index (Phi) is 5.98. The van der Waals surface area contributed by atoms with E-state index in [-0.39, 0.29) is 0 Å². The van der Waals surface area contributed by atoms with Crippen LogP contribution >= 0.6 is 0 Å². The first kappa shape index (κ1) is 16.0. The standard InChI is InChI=1S/C21H23N/c1-4-5-14-21(20-13-9-10-17(2)18(20)3)22-16-15-19-11-7-6-8-12-19/h6-13H,4-5,14H2,1-3H3. The SMILES string of the molecule is CCCCC(=NC#Cc1ccccc1)c1cccc(C)c1C. The second-order valence-electron chi connectivity index (χ2n) is 5.51. The summed E-state index contributed by atoms with van der Waals surface area (Å²) in [5.41, 5.74) is 5.95. The van der Waals surface area contributed by atoms with Crippen LogP contribution in [0.15, 0.2) is 53.5 Å². The molecule has 22 heavy (non-hydrogen) atoms. The highest BCUT2D eigenvalue weighted by Gasteiger charge is 2.07. The average molecular weight is 289 g/mol. The summed E-state index contributed by atoms with van der Waals surface area (Å²) in [7, 11) is 0. The first-order valence-electron chi connectivity index (χ1n) is 7.91. The van der Waals surface area contributed by atoms with E-state index in [2.05, 4.69) is 55.9 Å². The van der Waals surface area contributed by atoms with E-state index in [0.29, 0.717) is 0 Å². The van der Waals surface area contributed by atoms with Crippen molar-refractivity contribution in [3.05, 3.63) is 70.8 Å². The zero-order valence-electron chi connectivity index (χ0n) is 13.7. The van der Waals surface area contributed by atoms with Crippen molar-refractivity contribution in [1.29, 1.82) is 0 Å². The van der Waals surface area contributed by atoms with Crippen LogP contribution in [0.5, 0.6) is 0 Å². The van der Waals surface area contributed by atoms with Gasteiger partial charge in [-0.2, -0.15) is 0 Å². The summed E-state index contributed by atoms with van der Waals surface area (Å²) in [5, 5.41) is 0. The molecule has 0 unspecified atom stereocenters. The summed E-state index contributed by atoms with van der Waals surface area (Å²) < 4.78 is 0. The van der Waals surface area contributed by atoms with Crippen molar-refractivity contribution in [2.24, 2.45) is 4.99 Å². The molecule has 0 amide bonds. The zero-order chi connectivity index (χ0) is 15.8. The molecule has 0 saturated carbocycles. The van der Waals surface area contributed by atoms with Crippen LogP contribution in [0.4, 0.5) is 0 Å². The molecule has 1 heteroatoms. The molecular weight excluding hydrogens is 266 g/mol. The fourth-order valence-corrected chi connectivity index (χ4v) is 2.34. The number of rotatable bonds is 4. The van der Waals surface area contributed by atoms with Gasteiger partial charge in [-0.25, -0.2) is 4.99 Å². The minimum absolute atomic E-state index is 0.976. The number of hydrogen-bond donors (Lipinski definition) is 0. The number of aryl methyl sites for hydroxylation is 1. The summed E-state index contributed by atoms with van der Waals surface area (Å²) in [6.07, 6.45) is 3.28. The Hall–Kier alpha value is -2.33. The molecule has 0 fully saturated rings.